The van der Waals surface area contributed by atoms with Gasteiger partial charge in [-0.1, -0.05) is 0 Å². The van der Waals surface area contributed by atoms with Crippen molar-refractivity contribution >= 4 is 21.9 Å². The summed E-state index contributed by atoms with van der Waals surface area (Å²) in [4.78, 5) is 41.7. The second kappa shape index (κ2) is 9.75. The Balaban J connectivity index is 2.10. The van der Waals surface area contributed by atoms with Gasteiger partial charge in [0.05, 0.1) is 12.2 Å². The molecule has 2 heterocycles. The van der Waals surface area contributed by atoms with Crippen molar-refractivity contribution in [1.82, 2.24) is 14.5 Å². The number of H-pyrrole nitrogens is 1. The van der Waals surface area contributed by atoms with Gasteiger partial charge in [0, 0.05) is 23.5 Å². The van der Waals surface area contributed by atoms with Gasteiger partial charge in [-0.2, -0.15) is 13.2 Å². The lowest BCUT2D eigenvalue weighted by atomic mass is 10.2. The largest absolute Gasteiger partial charge is 0.491 e. The maximum atomic E-state index is 14.0. The van der Waals surface area contributed by atoms with Crippen molar-refractivity contribution in [3.63, 3.8) is 0 Å². The Kier molecular flexibility index (Phi) is 7.19. The van der Waals surface area contributed by atoms with Crippen LogP contribution in [0.5, 0.6) is 11.5 Å². The topological polar surface area (TPSA) is 103 Å². The van der Waals surface area contributed by atoms with Gasteiger partial charge in [-0.15, -0.1) is 0 Å². The highest BCUT2D eigenvalue weighted by molar-refractivity contribution is 9.10. The predicted octanol–water partition coefficient (Wildman–Crippen LogP) is 3.38. The summed E-state index contributed by atoms with van der Waals surface area (Å²) in [6, 6.07) is 3.88. The maximum Gasteiger partial charge on any atom is 0.491 e. The summed E-state index contributed by atoms with van der Waals surface area (Å²) in [6.45, 7) is 0.212. The van der Waals surface area contributed by atoms with E-state index in [0.717, 1.165) is 22.9 Å². The molecule has 180 valence electrons. The smallest absolute Gasteiger partial charge is 0.483 e. The molecule has 34 heavy (non-hydrogen) atoms. The molecule has 0 spiro atoms. The van der Waals surface area contributed by atoms with Crippen LogP contribution in [-0.4, -0.2) is 26.7 Å². The number of aromatic amines is 1. The Morgan fingerprint density at radius 3 is 2.50 bits per heavy atom. The van der Waals surface area contributed by atoms with E-state index < -0.39 is 57.6 Å². The molecule has 0 aliphatic heterocycles. The fourth-order valence-electron chi connectivity index (χ4n) is 2.80. The predicted molar refractivity (Wildman–Crippen MR) is 109 cm³/mol. The Morgan fingerprint density at radius 1 is 1.18 bits per heavy atom. The average Bonchev–Trinajstić information content (AvgIpc) is 2.75. The van der Waals surface area contributed by atoms with Gasteiger partial charge in [0.25, 0.3) is 5.56 Å². The number of rotatable bonds is 6. The molecule has 0 aliphatic rings. The van der Waals surface area contributed by atoms with Crippen molar-refractivity contribution < 1.29 is 36.2 Å². The van der Waals surface area contributed by atoms with Gasteiger partial charge in [-0.3, -0.25) is 4.79 Å². The Labute approximate surface area is 195 Å². The average molecular weight is 550 g/mol. The first-order valence-electron chi connectivity index (χ1n) is 9.21. The van der Waals surface area contributed by atoms with Crippen molar-refractivity contribution in [3.8, 4) is 11.5 Å². The van der Waals surface area contributed by atoms with E-state index in [1.165, 1.54) is 13.0 Å². The van der Waals surface area contributed by atoms with Crippen LogP contribution in [0.4, 0.5) is 22.0 Å². The Morgan fingerprint density at radius 2 is 1.88 bits per heavy atom. The molecule has 14 heteroatoms. The van der Waals surface area contributed by atoms with Crippen molar-refractivity contribution in [2.75, 3.05) is 0 Å². The zero-order valence-electron chi connectivity index (χ0n) is 17.0. The van der Waals surface area contributed by atoms with Crippen LogP contribution in [0.2, 0.25) is 0 Å². The monoisotopic (exact) mass is 549 g/mol. The van der Waals surface area contributed by atoms with Crippen LogP contribution in [0.1, 0.15) is 17.0 Å². The van der Waals surface area contributed by atoms with Gasteiger partial charge in [0.15, 0.2) is 11.5 Å². The van der Waals surface area contributed by atoms with Crippen molar-refractivity contribution in [2.24, 2.45) is 0 Å². The Hall–Kier alpha value is -3.55. The number of pyridine rings is 1. The molecule has 0 bridgehead atoms. The van der Waals surface area contributed by atoms with Crippen LogP contribution in [-0.2, 0) is 17.9 Å². The van der Waals surface area contributed by atoms with E-state index in [9.17, 15) is 36.3 Å². The zero-order valence-corrected chi connectivity index (χ0v) is 18.6. The molecule has 0 amide bonds. The van der Waals surface area contributed by atoms with Crippen LogP contribution < -0.4 is 20.7 Å². The van der Waals surface area contributed by atoms with E-state index in [1.54, 1.807) is 0 Å². The number of hydrogen-bond donors (Lipinski definition) is 1. The van der Waals surface area contributed by atoms with Crippen molar-refractivity contribution in [2.45, 2.75) is 26.3 Å². The number of carbonyl (C=O) groups excluding carboxylic acids is 1. The first kappa shape index (κ1) is 25.1. The summed E-state index contributed by atoms with van der Waals surface area (Å²) >= 11 is 2.92. The number of ether oxygens (including phenoxy) is 2. The second-order valence-corrected chi connectivity index (χ2v) is 7.55. The molecular formula is C20H13BrF5N3O5. The van der Waals surface area contributed by atoms with Crippen LogP contribution >= 0.6 is 15.9 Å². The van der Waals surface area contributed by atoms with Crippen LogP contribution in [0, 0.1) is 18.6 Å². The van der Waals surface area contributed by atoms with E-state index >= 15 is 0 Å². The minimum atomic E-state index is -5.38. The van der Waals surface area contributed by atoms with Gasteiger partial charge < -0.3 is 19.0 Å². The fourth-order valence-corrected chi connectivity index (χ4v) is 3.31. The lowest BCUT2D eigenvalue weighted by Gasteiger charge is -2.20. The van der Waals surface area contributed by atoms with Crippen LogP contribution in [0.25, 0.3) is 0 Å². The molecule has 0 saturated carbocycles. The van der Waals surface area contributed by atoms with Crippen molar-refractivity contribution in [3.05, 3.63) is 84.4 Å². The number of halogens is 6. The first-order valence-corrected chi connectivity index (χ1v) is 10.0. The number of hydrogen-bond acceptors (Lipinski definition) is 6. The van der Waals surface area contributed by atoms with Crippen molar-refractivity contribution in [1.29, 1.82) is 0 Å². The lowest BCUT2D eigenvalue weighted by molar-refractivity contribution is -0.189. The van der Waals surface area contributed by atoms with Gasteiger partial charge in [-0.05, 0) is 41.1 Å². The first-order chi connectivity index (χ1) is 15.9. The van der Waals surface area contributed by atoms with Crippen LogP contribution in [0.15, 0.2) is 44.5 Å². The minimum Gasteiger partial charge on any atom is -0.483 e. The molecule has 0 saturated heterocycles. The quantitative estimate of drug-likeness (QED) is 0.373. The third-order valence-corrected chi connectivity index (χ3v) is 5.15. The second-order valence-electron chi connectivity index (χ2n) is 6.76. The molecule has 0 fully saturated rings. The summed E-state index contributed by atoms with van der Waals surface area (Å²) in [7, 11) is 0. The third kappa shape index (κ3) is 5.50. The van der Waals surface area contributed by atoms with Gasteiger partial charge in [0.1, 0.15) is 22.7 Å². The molecular weight excluding hydrogens is 537 g/mol. The van der Waals surface area contributed by atoms with Gasteiger partial charge in [-0.25, -0.2) is 23.4 Å². The molecule has 0 radical (unpaired) electrons. The van der Waals surface area contributed by atoms with E-state index in [2.05, 4.69) is 30.6 Å². The summed E-state index contributed by atoms with van der Waals surface area (Å²) < 4.78 is 76.0. The molecule has 0 atom stereocenters. The number of nitrogens with zero attached hydrogens (tertiary/aromatic N) is 2. The number of alkyl halides is 3. The van der Waals surface area contributed by atoms with Gasteiger partial charge in [0.2, 0.25) is 0 Å². The van der Waals surface area contributed by atoms with E-state index in [0.29, 0.717) is 6.07 Å². The summed E-state index contributed by atoms with van der Waals surface area (Å²) in [6.07, 6.45) is -4.22. The molecule has 0 unspecified atom stereocenters. The molecule has 1 N–H and O–H groups in total. The van der Waals surface area contributed by atoms with E-state index in [4.69, 9.17) is 4.74 Å². The number of benzene rings is 1. The maximum absolute atomic E-state index is 14.0. The minimum absolute atomic E-state index is 0.173. The highest BCUT2D eigenvalue weighted by Gasteiger charge is 2.42. The highest BCUT2D eigenvalue weighted by Crippen LogP contribution is 2.38. The number of nitrogens with one attached hydrogen (secondary N) is 1. The highest BCUT2D eigenvalue weighted by atomic mass is 79.9. The molecule has 1 aromatic carbocycles. The number of aromatic nitrogens is 3. The fraction of sp³-hybridized carbons (Fsp3) is 0.200. The number of esters is 1. The standard InChI is InChI=1S/C20H13BrF5N3O5/c1-9-15(34-18(31)20(24,25)26)16(33-8-10-2-3-11(22)6-13(10)23)14(21)17(30)29(9)7-12-4-5-27-19(32)28-12/h2-6H,7-8H2,1H3,(H,27,28,32). The SMILES string of the molecule is Cc1c(OC(=O)C(F)(F)F)c(OCc2ccc(F)cc2F)c(Br)c(=O)n1Cc1ccnc(=O)[nH]1. The number of carbonyl (C=O) groups is 1. The van der Waals surface area contributed by atoms with Crippen LogP contribution in [0.3, 0.4) is 0 Å². The van der Waals surface area contributed by atoms with E-state index in [-0.39, 0.29) is 23.5 Å². The van der Waals surface area contributed by atoms with Gasteiger partial charge >= 0.3 is 17.8 Å². The lowest BCUT2D eigenvalue weighted by Crippen LogP contribution is -2.31. The molecule has 3 aromatic rings. The summed E-state index contributed by atoms with van der Waals surface area (Å²) in [5, 5.41) is 0. The molecule has 2 aromatic heterocycles. The Bertz CT molecular complexity index is 1370. The zero-order chi connectivity index (χ0) is 25.2. The third-order valence-electron chi connectivity index (χ3n) is 4.45. The summed E-state index contributed by atoms with van der Waals surface area (Å²) in [5.74, 6) is -5.84. The normalized spacial score (nSPS) is 11.4. The molecule has 0 aliphatic carbocycles. The molecule has 8 nitrogen and oxygen atoms in total. The van der Waals surface area contributed by atoms with E-state index in [1.807, 2.05) is 0 Å². The summed E-state index contributed by atoms with van der Waals surface area (Å²) in [5.41, 5.74) is -1.83. The molecule has 3 rings (SSSR count).